The van der Waals surface area contributed by atoms with Gasteiger partial charge in [-0.15, -0.1) is 0 Å². The Balaban J connectivity index is 1.78. The van der Waals surface area contributed by atoms with E-state index in [-0.39, 0.29) is 11.4 Å². The number of aryl methyl sites for hydroxylation is 1. The first-order valence-corrected chi connectivity index (χ1v) is 6.24. The average molecular weight is 232 g/mol. The van der Waals surface area contributed by atoms with E-state index in [1.807, 2.05) is 18.2 Å². The number of nitrogens with one attached hydrogen (secondary N) is 2. The molecule has 17 heavy (non-hydrogen) atoms. The smallest absolute Gasteiger partial charge is 0.220 e. The molecular formula is C14H20N2O. The van der Waals surface area contributed by atoms with Crippen molar-refractivity contribution < 1.29 is 4.79 Å². The maximum Gasteiger partial charge on any atom is 0.220 e. The van der Waals surface area contributed by atoms with E-state index >= 15 is 0 Å². The fraction of sp³-hybridized carbons (Fsp3) is 0.500. The predicted molar refractivity (Wildman–Crippen MR) is 68.8 cm³/mol. The van der Waals surface area contributed by atoms with Crippen LogP contribution in [0.25, 0.3) is 0 Å². The van der Waals surface area contributed by atoms with Crippen LogP contribution < -0.4 is 10.6 Å². The van der Waals surface area contributed by atoms with E-state index in [4.69, 9.17) is 0 Å². The maximum atomic E-state index is 11.8. The molecule has 1 aromatic rings. The molecule has 0 radical (unpaired) electrons. The molecule has 0 aliphatic carbocycles. The fourth-order valence-corrected chi connectivity index (χ4v) is 2.23. The third-order valence-corrected chi connectivity index (χ3v) is 3.29. The van der Waals surface area contributed by atoms with Crippen molar-refractivity contribution in [1.29, 1.82) is 0 Å². The molecule has 1 aliphatic heterocycles. The third kappa shape index (κ3) is 3.56. The number of hydrogen-bond acceptors (Lipinski definition) is 2. The second kappa shape index (κ2) is 5.32. The van der Waals surface area contributed by atoms with Crippen LogP contribution in [0.15, 0.2) is 30.3 Å². The van der Waals surface area contributed by atoms with Crippen molar-refractivity contribution in [2.24, 2.45) is 0 Å². The lowest BCUT2D eigenvalue weighted by atomic mass is 10.0. The van der Waals surface area contributed by atoms with Gasteiger partial charge in [0.05, 0.1) is 5.54 Å². The van der Waals surface area contributed by atoms with Crippen molar-refractivity contribution >= 4 is 5.91 Å². The molecule has 1 saturated heterocycles. The highest BCUT2D eigenvalue weighted by Gasteiger charge is 2.29. The lowest BCUT2D eigenvalue weighted by Gasteiger charge is -2.24. The molecule has 0 spiro atoms. The molecule has 1 heterocycles. The Kier molecular flexibility index (Phi) is 3.79. The van der Waals surface area contributed by atoms with E-state index in [1.165, 1.54) is 5.56 Å². The van der Waals surface area contributed by atoms with Gasteiger partial charge in [0.1, 0.15) is 0 Å². The molecule has 1 unspecified atom stereocenters. The number of amides is 1. The molecule has 92 valence electrons. The molecular weight excluding hydrogens is 212 g/mol. The van der Waals surface area contributed by atoms with Crippen molar-refractivity contribution in [3.8, 4) is 0 Å². The zero-order chi connectivity index (χ0) is 12.1. The van der Waals surface area contributed by atoms with Gasteiger partial charge in [-0.25, -0.2) is 0 Å². The standard InChI is InChI=1S/C14H20N2O/c1-14(9-10-15-11-14)16-13(17)8-7-12-5-3-2-4-6-12/h2-6,15H,7-11H2,1H3,(H,16,17). The van der Waals surface area contributed by atoms with Gasteiger partial charge < -0.3 is 10.6 Å². The summed E-state index contributed by atoms with van der Waals surface area (Å²) in [6.45, 7) is 3.98. The van der Waals surface area contributed by atoms with Crippen LogP contribution >= 0.6 is 0 Å². The summed E-state index contributed by atoms with van der Waals surface area (Å²) in [4.78, 5) is 11.8. The molecule has 3 nitrogen and oxygen atoms in total. The normalized spacial score (nSPS) is 23.6. The fourth-order valence-electron chi connectivity index (χ4n) is 2.23. The maximum absolute atomic E-state index is 11.8. The van der Waals surface area contributed by atoms with Crippen LogP contribution in [-0.4, -0.2) is 24.5 Å². The van der Waals surface area contributed by atoms with Crippen LogP contribution in [-0.2, 0) is 11.2 Å². The van der Waals surface area contributed by atoms with Crippen LogP contribution in [0.4, 0.5) is 0 Å². The topological polar surface area (TPSA) is 41.1 Å². The van der Waals surface area contributed by atoms with Gasteiger partial charge in [0.2, 0.25) is 5.91 Å². The first-order chi connectivity index (χ1) is 8.18. The van der Waals surface area contributed by atoms with Gasteiger partial charge in [0, 0.05) is 13.0 Å². The van der Waals surface area contributed by atoms with E-state index < -0.39 is 0 Å². The summed E-state index contributed by atoms with van der Waals surface area (Å²) in [5.74, 6) is 0.153. The second-order valence-electron chi connectivity index (χ2n) is 5.02. The molecule has 2 N–H and O–H groups in total. The summed E-state index contributed by atoms with van der Waals surface area (Å²) in [6.07, 6.45) is 2.40. The Hall–Kier alpha value is -1.35. The van der Waals surface area contributed by atoms with Crippen molar-refractivity contribution in [2.45, 2.75) is 31.7 Å². The van der Waals surface area contributed by atoms with Crippen LogP contribution in [0.3, 0.4) is 0 Å². The highest BCUT2D eigenvalue weighted by molar-refractivity contribution is 5.77. The van der Waals surface area contributed by atoms with E-state index in [1.54, 1.807) is 0 Å². The van der Waals surface area contributed by atoms with Crippen molar-refractivity contribution in [3.63, 3.8) is 0 Å². The van der Waals surface area contributed by atoms with Gasteiger partial charge >= 0.3 is 0 Å². The molecule has 2 rings (SSSR count). The largest absolute Gasteiger partial charge is 0.350 e. The number of carbonyl (C=O) groups excluding carboxylic acids is 1. The van der Waals surface area contributed by atoms with Crippen LogP contribution in [0.2, 0.25) is 0 Å². The molecule has 1 fully saturated rings. The Labute approximate surface area is 103 Å². The number of rotatable bonds is 4. The number of benzene rings is 1. The van der Waals surface area contributed by atoms with Crippen LogP contribution in [0, 0.1) is 0 Å². The zero-order valence-corrected chi connectivity index (χ0v) is 10.3. The van der Waals surface area contributed by atoms with E-state index in [0.717, 1.165) is 25.9 Å². The Morgan fingerprint density at radius 2 is 2.18 bits per heavy atom. The predicted octanol–water partition coefficient (Wildman–Crippen LogP) is 1.49. The minimum Gasteiger partial charge on any atom is -0.350 e. The molecule has 1 aromatic carbocycles. The molecule has 1 atom stereocenters. The summed E-state index contributed by atoms with van der Waals surface area (Å²) >= 11 is 0. The van der Waals surface area contributed by atoms with Crippen molar-refractivity contribution in [1.82, 2.24) is 10.6 Å². The monoisotopic (exact) mass is 232 g/mol. The van der Waals surface area contributed by atoms with Gasteiger partial charge in [-0.05, 0) is 31.9 Å². The van der Waals surface area contributed by atoms with E-state index in [0.29, 0.717) is 6.42 Å². The quantitative estimate of drug-likeness (QED) is 0.825. The molecule has 3 heteroatoms. The second-order valence-corrected chi connectivity index (χ2v) is 5.02. The highest BCUT2D eigenvalue weighted by atomic mass is 16.1. The lowest BCUT2D eigenvalue weighted by molar-refractivity contribution is -0.122. The highest BCUT2D eigenvalue weighted by Crippen LogP contribution is 2.13. The minimum atomic E-state index is -0.0478. The Morgan fingerprint density at radius 3 is 2.82 bits per heavy atom. The zero-order valence-electron chi connectivity index (χ0n) is 10.3. The summed E-state index contributed by atoms with van der Waals surface area (Å²) in [5.41, 5.74) is 1.17. The lowest BCUT2D eigenvalue weighted by Crippen LogP contribution is -2.47. The summed E-state index contributed by atoms with van der Waals surface area (Å²) in [5, 5.41) is 6.40. The molecule has 0 saturated carbocycles. The van der Waals surface area contributed by atoms with Gasteiger partial charge in [0.25, 0.3) is 0 Å². The van der Waals surface area contributed by atoms with Gasteiger partial charge in [0.15, 0.2) is 0 Å². The summed E-state index contributed by atoms with van der Waals surface area (Å²) < 4.78 is 0. The van der Waals surface area contributed by atoms with Crippen LogP contribution in [0.5, 0.6) is 0 Å². The number of hydrogen-bond donors (Lipinski definition) is 2. The van der Waals surface area contributed by atoms with Gasteiger partial charge in [-0.1, -0.05) is 30.3 Å². The van der Waals surface area contributed by atoms with Crippen molar-refractivity contribution in [3.05, 3.63) is 35.9 Å². The van der Waals surface area contributed by atoms with Gasteiger partial charge in [-0.2, -0.15) is 0 Å². The van der Waals surface area contributed by atoms with E-state index in [2.05, 4.69) is 29.7 Å². The van der Waals surface area contributed by atoms with Crippen LogP contribution in [0.1, 0.15) is 25.3 Å². The first kappa shape index (κ1) is 12.1. The van der Waals surface area contributed by atoms with Crippen molar-refractivity contribution in [2.75, 3.05) is 13.1 Å². The first-order valence-electron chi connectivity index (χ1n) is 6.24. The Bertz CT molecular complexity index is 369. The average Bonchev–Trinajstić information content (AvgIpc) is 2.74. The third-order valence-electron chi connectivity index (χ3n) is 3.29. The molecule has 1 aliphatic rings. The summed E-state index contributed by atoms with van der Waals surface area (Å²) in [7, 11) is 0. The summed E-state index contributed by atoms with van der Waals surface area (Å²) in [6, 6.07) is 10.1. The molecule has 1 amide bonds. The van der Waals surface area contributed by atoms with Gasteiger partial charge in [-0.3, -0.25) is 4.79 Å². The molecule has 0 bridgehead atoms. The molecule has 0 aromatic heterocycles. The SMILES string of the molecule is CC1(NC(=O)CCc2ccccc2)CCNC1. The Morgan fingerprint density at radius 1 is 1.41 bits per heavy atom. The van der Waals surface area contributed by atoms with E-state index in [9.17, 15) is 4.79 Å². The number of carbonyl (C=O) groups is 1. The minimum absolute atomic E-state index is 0.0478.